The van der Waals surface area contributed by atoms with Crippen LogP contribution in [0, 0.1) is 0 Å². The fourth-order valence-corrected chi connectivity index (χ4v) is 5.44. The van der Waals surface area contributed by atoms with Crippen molar-refractivity contribution in [2.75, 3.05) is 31.1 Å². The number of aryl methyl sites for hydroxylation is 2. The Balaban J connectivity index is 1.51. The van der Waals surface area contributed by atoms with Crippen molar-refractivity contribution < 1.29 is 9.59 Å². The molecule has 2 saturated heterocycles. The number of fused-ring (bicyclic) bond motifs is 4. The summed E-state index contributed by atoms with van der Waals surface area (Å²) in [6.07, 6.45) is 6.38. The van der Waals surface area contributed by atoms with Gasteiger partial charge in [0.2, 0.25) is 0 Å². The number of piperazine rings is 2. The van der Waals surface area contributed by atoms with Crippen LogP contribution in [0.3, 0.4) is 0 Å². The molecule has 2 fully saturated rings. The van der Waals surface area contributed by atoms with Crippen LogP contribution in [0.2, 0.25) is 0 Å². The summed E-state index contributed by atoms with van der Waals surface area (Å²) in [6.45, 7) is 2.47. The molecule has 5 rings (SSSR count). The van der Waals surface area contributed by atoms with Gasteiger partial charge < -0.3 is 15.1 Å². The maximum atomic E-state index is 12.0. The standard InChI is InChI=1S/C17H19N5O2S/c23-15-17(24)22-6-5-21(8-10(22)7-18-15)14-13-11-3-1-2-4-12(11)25-16(13)20-9-19-14/h9-10H,1-8H2,(H,18,23)/t10-/m0/s1. The second kappa shape index (κ2) is 5.66. The van der Waals surface area contributed by atoms with Crippen molar-refractivity contribution in [2.45, 2.75) is 31.7 Å². The van der Waals surface area contributed by atoms with Crippen LogP contribution < -0.4 is 10.2 Å². The van der Waals surface area contributed by atoms with E-state index in [0.717, 1.165) is 23.5 Å². The molecular weight excluding hydrogens is 338 g/mol. The third-order valence-corrected chi connectivity index (χ3v) is 6.67. The first kappa shape index (κ1) is 15.1. The van der Waals surface area contributed by atoms with E-state index in [1.807, 2.05) is 0 Å². The predicted molar refractivity (Wildman–Crippen MR) is 94.8 cm³/mol. The minimum Gasteiger partial charge on any atom is -0.352 e. The lowest BCUT2D eigenvalue weighted by atomic mass is 9.96. The Kier molecular flexibility index (Phi) is 3.41. The van der Waals surface area contributed by atoms with Gasteiger partial charge in [0.05, 0.1) is 11.4 Å². The van der Waals surface area contributed by atoms with E-state index in [1.54, 1.807) is 22.6 Å². The lowest BCUT2D eigenvalue weighted by molar-refractivity contribution is -0.150. The molecule has 0 bridgehead atoms. The van der Waals surface area contributed by atoms with E-state index < -0.39 is 11.8 Å². The van der Waals surface area contributed by atoms with Crippen LogP contribution in [0.5, 0.6) is 0 Å². The lowest BCUT2D eigenvalue weighted by Crippen LogP contribution is -2.65. The van der Waals surface area contributed by atoms with Gasteiger partial charge in [0.15, 0.2) is 0 Å². The Labute approximate surface area is 149 Å². The second-order valence-corrected chi connectivity index (χ2v) is 7.98. The number of hydrogen-bond donors (Lipinski definition) is 1. The average Bonchev–Trinajstić information content (AvgIpc) is 3.03. The Morgan fingerprint density at radius 3 is 2.96 bits per heavy atom. The number of aromatic nitrogens is 2. The van der Waals surface area contributed by atoms with Crippen molar-refractivity contribution in [1.82, 2.24) is 20.2 Å². The molecular formula is C17H19N5O2S. The number of nitrogens with one attached hydrogen (secondary N) is 1. The van der Waals surface area contributed by atoms with Crippen LogP contribution >= 0.6 is 11.3 Å². The fourth-order valence-electron chi connectivity index (χ4n) is 4.22. The van der Waals surface area contributed by atoms with Gasteiger partial charge in [-0.15, -0.1) is 11.3 Å². The molecule has 25 heavy (non-hydrogen) atoms. The molecule has 0 radical (unpaired) electrons. The normalized spacial score (nSPS) is 23.4. The first-order valence-electron chi connectivity index (χ1n) is 8.81. The van der Waals surface area contributed by atoms with E-state index in [2.05, 4.69) is 20.2 Å². The third-order valence-electron chi connectivity index (χ3n) is 5.47. The third kappa shape index (κ3) is 2.31. The summed E-state index contributed by atoms with van der Waals surface area (Å²) in [4.78, 5) is 39.2. The number of thiophene rings is 1. The molecule has 2 amide bonds. The van der Waals surface area contributed by atoms with Crippen LogP contribution in [0.4, 0.5) is 5.82 Å². The maximum Gasteiger partial charge on any atom is 0.312 e. The summed E-state index contributed by atoms with van der Waals surface area (Å²) in [5.41, 5.74) is 1.43. The summed E-state index contributed by atoms with van der Waals surface area (Å²) in [5, 5.41) is 3.91. The summed E-state index contributed by atoms with van der Waals surface area (Å²) < 4.78 is 0. The highest BCUT2D eigenvalue weighted by Crippen LogP contribution is 2.39. The molecule has 2 aliphatic heterocycles. The molecule has 1 N–H and O–H groups in total. The largest absolute Gasteiger partial charge is 0.352 e. The molecule has 2 aromatic heterocycles. The van der Waals surface area contributed by atoms with Crippen molar-refractivity contribution in [1.29, 1.82) is 0 Å². The number of rotatable bonds is 1. The van der Waals surface area contributed by atoms with Crippen LogP contribution in [-0.2, 0) is 22.4 Å². The zero-order valence-corrected chi connectivity index (χ0v) is 14.6. The first-order chi connectivity index (χ1) is 12.2. The van der Waals surface area contributed by atoms with Gasteiger partial charge in [0, 0.05) is 31.1 Å². The highest BCUT2D eigenvalue weighted by Gasteiger charge is 2.38. The molecule has 0 spiro atoms. The average molecular weight is 357 g/mol. The van der Waals surface area contributed by atoms with Gasteiger partial charge in [-0.25, -0.2) is 9.97 Å². The molecule has 7 nitrogen and oxygen atoms in total. The van der Waals surface area contributed by atoms with Gasteiger partial charge in [-0.2, -0.15) is 0 Å². The van der Waals surface area contributed by atoms with E-state index >= 15 is 0 Å². The number of hydrogen-bond acceptors (Lipinski definition) is 6. The Morgan fingerprint density at radius 2 is 2.04 bits per heavy atom. The second-order valence-electron chi connectivity index (χ2n) is 6.90. The molecule has 4 heterocycles. The molecule has 2 aromatic rings. The Morgan fingerprint density at radius 1 is 1.16 bits per heavy atom. The molecule has 8 heteroatoms. The van der Waals surface area contributed by atoms with Crippen molar-refractivity contribution >= 4 is 39.2 Å². The quantitative estimate of drug-likeness (QED) is 0.761. The van der Waals surface area contributed by atoms with Gasteiger partial charge in [0.1, 0.15) is 17.0 Å². The number of carbonyl (C=O) groups excluding carboxylic acids is 2. The monoisotopic (exact) mass is 357 g/mol. The molecule has 0 aromatic carbocycles. The molecule has 0 unspecified atom stereocenters. The van der Waals surface area contributed by atoms with Crippen LogP contribution in [-0.4, -0.2) is 58.9 Å². The molecule has 0 saturated carbocycles. The minimum atomic E-state index is -0.485. The summed E-state index contributed by atoms with van der Waals surface area (Å²) >= 11 is 1.80. The van der Waals surface area contributed by atoms with E-state index in [0.29, 0.717) is 26.2 Å². The van der Waals surface area contributed by atoms with E-state index in [9.17, 15) is 9.59 Å². The number of amides is 2. The minimum absolute atomic E-state index is 0.0124. The van der Waals surface area contributed by atoms with Crippen LogP contribution in [0.1, 0.15) is 23.3 Å². The molecule has 130 valence electrons. The zero-order chi connectivity index (χ0) is 17.0. The maximum absolute atomic E-state index is 12.0. The van der Waals surface area contributed by atoms with Crippen molar-refractivity contribution in [3.05, 3.63) is 16.8 Å². The highest BCUT2D eigenvalue weighted by molar-refractivity contribution is 7.19. The van der Waals surface area contributed by atoms with E-state index in [-0.39, 0.29) is 6.04 Å². The Hall–Kier alpha value is -2.22. The number of carbonyl (C=O) groups is 2. The van der Waals surface area contributed by atoms with Crippen molar-refractivity contribution in [2.24, 2.45) is 0 Å². The van der Waals surface area contributed by atoms with E-state index in [1.165, 1.54) is 28.7 Å². The summed E-state index contributed by atoms with van der Waals surface area (Å²) in [7, 11) is 0. The summed E-state index contributed by atoms with van der Waals surface area (Å²) in [5.74, 6) is 0.103. The van der Waals surface area contributed by atoms with Crippen molar-refractivity contribution in [3.8, 4) is 0 Å². The molecule has 1 aliphatic carbocycles. The van der Waals surface area contributed by atoms with Crippen LogP contribution in [0.25, 0.3) is 10.2 Å². The lowest BCUT2D eigenvalue weighted by Gasteiger charge is -2.43. The topological polar surface area (TPSA) is 78.4 Å². The molecule has 3 aliphatic rings. The van der Waals surface area contributed by atoms with Gasteiger partial charge in [-0.1, -0.05) is 0 Å². The van der Waals surface area contributed by atoms with Crippen molar-refractivity contribution in [3.63, 3.8) is 0 Å². The van der Waals surface area contributed by atoms with Gasteiger partial charge >= 0.3 is 11.8 Å². The Bertz CT molecular complexity index is 879. The summed E-state index contributed by atoms with van der Waals surface area (Å²) in [6, 6.07) is 0.0124. The van der Waals surface area contributed by atoms with Crippen LogP contribution in [0.15, 0.2) is 6.33 Å². The number of anilines is 1. The van der Waals surface area contributed by atoms with Gasteiger partial charge in [-0.05, 0) is 31.2 Å². The zero-order valence-electron chi connectivity index (χ0n) is 13.8. The SMILES string of the molecule is O=C1NC[C@H]2CN(c3ncnc4sc5c(c34)CCCC5)CCN2C1=O. The highest BCUT2D eigenvalue weighted by atomic mass is 32.1. The van der Waals surface area contributed by atoms with E-state index in [4.69, 9.17) is 0 Å². The first-order valence-corrected chi connectivity index (χ1v) is 9.63. The van der Waals surface area contributed by atoms with Gasteiger partial charge in [-0.3, -0.25) is 9.59 Å². The molecule has 1 atom stereocenters. The fraction of sp³-hybridized carbons (Fsp3) is 0.529. The smallest absolute Gasteiger partial charge is 0.312 e. The number of nitrogens with zero attached hydrogens (tertiary/aromatic N) is 4. The van der Waals surface area contributed by atoms with Gasteiger partial charge in [0.25, 0.3) is 0 Å². The predicted octanol–water partition coefficient (Wildman–Crippen LogP) is 0.717.